The Labute approximate surface area is 179 Å². The van der Waals surface area contributed by atoms with Crippen molar-refractivity contribution in [2.45, 2.75) is 33.1 Å². The number of aryl methyl sites for hydroxylation is 1. The van der Waals surface area contributed by atoms with Crippen LogP contribution in [0.2, 0.25) is 0 Å². The third kappa shape index (κ3) is 10.3. The standard InChI is InChI=1S/C19H32N4O3.HI/c1-5-11-21-18(24)14-23-19(20-3)22-12-7-8-15-9-10-16(25-4)17(13-15)26-6-2;/h9-10,13H,5-8,11-12,14H2,1-4H3,(H,21,24)(H2,20,22,23);1H. The number of hydrogen-bond donors (Lipinski definition) is 3. The lowest BCUT2D eigenvalue weighted by Gasteiger charge is -2.13. The third-order valence-electron chi connectivity index (χ3n) is 3.67. The maximum atomic E-state index is 11.6. The quantitative estimate of drug-likeness (QED) is 0.191. The highest BCUT2D eigenvalue weighted by molar-refractivity contribution is 14.0. The first-order chi connectivity index (χ1) is 12.6. The molecule has 27 heavy (non-hydrogen) atoms. The molecule has 0 heterocycles. The van der Waals surface area contributed by atoms with Gasteiger partial charge in [-0.3, -0.25) is 9.79 Å². The number of nitrogens with one attached hydrogen (secondary N) is 3. The molecule has 3 N–H and O–H groups in total. The Morgan fingerprint density at radius 3 is 2.52 bits per heavy atom. The van der Waals surface area contributed by atoms with Crippen LogP contribution in [0.5, 0.6) is 11.5 Å². The Balaban J connectivity index is 0.00000676. The van der Waals surface area contributed by atoms with Crippen LogP contribution < -0.4 is 25.4 Å². The van der Waals surface area contributed by atoms with Gasteiger partial charge in [-0.1, -0.05) is 13.0 Å². The number of carbonyl (C=O) groups is 1. The molecule has 0 fully saturated rings. The lowest BCUT2D eigenvalue weighted by Crippen LogP contribution is -2.43. The van der Waals surface area contributed by atoms with E-state index in [2.05, 4.69) is 20.9 Å². The van der Waals surface area contributed by atoms with E-state index in [9.17, 15) is 4.79 Å². The van der Waals surface area contributed by atoms with E-state index in [1.165, 1.54) is 5.56 Å². The molecular formula is C19H33IN4O3. The zero-order chi connectivity index (χ0) is 19.2. The second-order valence-corrected chi connectivity index (χ2v) is 5.72. The molecule has 0 radical (unpaired) electrons. The number of amides is 1. The minimum absolute atomic E-state index is 0. The van der Waals surface area contributed by atoms with E-state index in [-0.39, 0.29) is 36.4 Å². The molecule has 7 nitrogen and oxygen atoms in total. The van der Waals surface area contributed by atoms with Crippen molar-refractivity contribution in [1.82, 2.24) is 16.0 Å². The van der Waals surface area contributed by atoms with Crippen LogP contribution in [-0.4, -0.2) is 52.3 Å². The Kier molecular flexibility index (Phi) is 14.4. The summed E-state index contributed by atoms with van der Waals surface area (Å²) in [6.07, 6.45) is 2.76. The van der Waals surface area contributed by atoms with Crippen molar-refractivity contribution in [2.75, 3.05) is 40.4 Å². The van der Waals surface area contributed by atoms with E-state index in [0.717, 1.165) is 37.3 Å². The third-order valence-corrected chi connectivity index (χ3v) is 3.67. The van der Waals surface area contributed by atoms with Crippen molar-refractivity contribution in [3.8, 4) is 11.5 Å². The molecule has 1 aromatic carbocycles. The molecule has 0 saturated carbocycles. The summed E-state index contributed by atoms with van der Waals surface area (Å²) in [6.45, 7) is 6.25. The summed E-state index contributed by atoms with van der Waals surface area (Å²) >= 11 is 0. The second-order valence-electron chi connectivity index (χ2n) is 5.72. The van der Waals surface area contributed by atoms with Gasteiger partial charge in [-0.15, -0.1) is 24.0 Å². The maximum Gasteiger partial charge on any atom is 0.239 e. The number of guanidine groups is 1. The smallest absolute Gasteiger partial charge is 0.239 e. The first-order valence-electron chi connectivity index (χ1n) is 9.15. The van der Waals surface area contributed by atoms with Crippen molar-refractivity contribution < 1.29 is 14.3 Å². The van der Waals surface area contributed by atoms with Gasteiger partial charge in [0.25, 0.3) is 0 Å². The van der Waals surface area contributed by atoms with Gasteiger partial charge in [0.2, 0.25) is 5.91 Å². The Hall–Kier alpha value is -1.71. The molecule has 154 valence electrons. The molecule has 0 aliphatic heterocycles. The van der Waals surface area contributed by atoms with Gasteiger partial charge in [0, 0.05) is 20.1 Å². The van der Waals surface area contributed by atoms with Gasteiger partial charge in [0.15, 0.2) is 17.5 Å². The van der Waals surface area contributed by atoms with E-state index >= 15 is 0 Å². The van der Waals surface area contributed by atoms with Crippen LogP contribution in [0, 0.1) is 0 Å². The second kappa shape index (κ2) is 15.4. The van der Waals surface area contributed by atoms with Crippen molar-refractivity contribution in [1.29, 1.82) is 0 Å². The number of nitrogens with zero attached hydrogens (tertiary/aromatic N) is 1. The molecule has 8 heteroatoms. The number of halogens is 1. The summed E-state index contributed by atoms with van der Waals surface area (Å²) in [5.41, 5.74) is 1.19. The van der Waals surface area contributed by atoms with Crippen molar-refractivity contribution >= 4 is 35.8 Å². The molecule has 0 atom stereocenters. The number of ether oxygens (including phenoxy) is 2. The molecular weight excluding hydrogens is 459 g/mol. The lowest BCUT2D eigenvalue weighted by molar-refractivity contribution is -0.120. The topological polar surface area (TPSA) is 84.0 Å². The first-order valence-corrected chi connectivity index (χ1v) is 9.15. The van der Waals surface area contributed by atoms with Crippen LogP contribution in [-0.2, 0) is 11.2 Å². The molecule has 0 saturated heterocycles. The molecule has 0 spiro atoms. The fourth-order valence-corrected chi connectivity index (χ4v) is 2.36. The van der Waals surface area contributed by atoms with Gasteiger partial charge in [-0.25, -0.2) is 0 Å². The monoisotopic (exact) mass is 492 g/mol. The van der Waals surface area contributed by atoms with E-state index in [1.54, 1.807) is 14.2 Å². The molecule has 1 aromatic rings. The van der Waals surface area contributed by atoms with E-state index in [1.807, 2.05) is 32.0 Å². The van der Waals surface area contributed by atoms with Crippen LogP contribution in [0.3, 0.4) is 0 Å². The van der Waals surface area contributed by atoms with Gasteiger partial charge in [-0.05, 0) is 43.9 Å². The van der Waals surface area contributed by atoms with Gasteiger partial charge >= 0.3 is 0 Å². The van der Waals surface area contributed by atoms with Crippen LogP contribution in [0.15, 0.2) is 23.2 Å². The number of rotatable bonds is 11. The molecule has 0 aliphatic rings. The Bertz CT molecular complexity index is 582. The Morgan fingerprint density at radius 2 is 1.89 bits per heavy atom. The molecule has 0 unspecified atom stereocenters. The largest absolute Gasteiger partial charge is 0.493 e. The normalized spacial score (nSPS) is 10.6. The van der Waals surface area contributed by atoms with E-state index < -0.39 is 0 Å². The van der Waals surface area contributed by atoms with Gasteiger partial charge in [-0.2, -0.15) is 0 Å². The molecule has 1 amide bonds. The highest BCUT2D eigenvalue weighted by atomic mass is 127. The van der Waals surface area contributed by atoms with Crippen LogP contribution in [0.1, 0.15) is 32.3 Å². The van der Waals surface area contributed by atoms with Crippen molar-refractivity contribution in [3.63, 3.8) is 0 Å². The number of aliphatic imine (C=N–C) groups is 1. The summed E-state index contributed by atoms with van der Waals surface area (Å²) in [7, 11) is 3.33. The summed E-state index contributed by atoms with van der Waals surface area (Å²) < 4.78 is 10.9. The van der Waals surface area contributed by atoms with Crippen molar-refractivity contribution in [3.05, 3.63) is 23.8 Å². The van der Waals surface area contributed by atoms with Gasteiger partial charge in [0.05, 0.1) is 20.3 Å². The van der Waals surface area contributed by atoms with Gasteiger partial charge < -0.3 is 25.4 Å². The molecule has 0 bridgehead atoms. The minimum Gasteiger partial charge on any atom is -0.493 e. The number of hydrogen-bond acceptors (Lipinski definition) is 4. The fraction of sp³-hybridized carbons (Fsp3) is 0.579. The number of methoxy groups -OCH3 is 1. The SMILES string of the molecule is CCCNC(=O)CNC(=NC)NCCCc1ccc(OC)c(OCC)c1.I. The first kappa shape index (κ1) is 25.3. The summed E-state index contributed by atoms with van der Waals surface area (Å²) in [4.78, 5) is 15.7. The number of benzene rings is 1. The molecule has 1 rings (SSSR count). The van der Waals surface area contributed by atoms with E-state index in [4.69, 9.17) is 9.47 Å². The summed E-state index contributed by atoms with van der Waals surface area (Å²) in [5.74, 6) is 2.12. The lowest BCUT2D eigenvalue weighted by atomic mass is 10.1. The predicted octanol–water partition coefficient (Wildman–Crippen LogP) is 2.34. The summed E-state index contributed by atoms with van der Waals surface area (Å²) in [6, 6.07) is 6.00. The maximum absolute atomic E-state index is 11.6. The van der Waals surface area contributed by atoms with Crippen LogP contribution in [0.4, 0.5) is 0 Å². The highest BCUT2D eigenvalue weighted by Gasteiger charge is 2.06. The Morgan fingerprint density at radius 1 is 1.11 bits per heavy atom. The fourth-order valence-electron chi connectivity index (χ4n) is 2.36. The van der Waals surface area contributed by atoms with Crippen molar-refractivity contribution in [2.24, 2.45) is 4.99 Å². The number of carbonyl (C=O) groups excluding carboxylic acids is 1. The van der Waals surface area contributed by atoms with E-state index in [0.29, 0.717) is 19.1 Å². The molecule has 0 aliphatic carbocycles. The zero-order valence-electron chi connectivity index (χ0n) is 16.8. The minimum atomic E-state index is -0.0310. The van der Waals surface area contributed by atoms with Gasteiger partial charge in [0.1, 0.15) is 0 Å². The molecule has 0 aromatic heterocycles. The average molecular weight is 492 g/mol. The van der Waals surface area contributed by atoms with Crippen LogP contribution >= 0.6 is 24.0 Å². The predicted molar refractivity (Wildman–Crippen MR) is 121 cm³/mol. The summed E-state index contributed by atoms with van der Waals surface area (Å²) in [5, 5.41) is 9.04. The highest BCUT2D eigenvalue weighted by Crippen LogP contribution is 2.28. The average Bonchev–Trinajstić information content (AvgIpc) is 2.66. The zero-order valence-corrected chi connectivity index (χ0v) is 19.1. The van der Waals surface area contributed by atoms with Crippen LogP contribution in [0.25, 0.3) is 0 Å².